The van der Waals surface area contributed by atoms with Gasteiger partial charge < -0.3 is 20.3 Å². The van der Waals surface area contributed by atoms with Crippen molar-refractivity contribution in [3.63, 3.8) is 0 Å². The molecule has 29 heavy (non-hydrogen) atoms. The minimum Gasteiger partial charge on any atom is -0.381 e. The molecule has 2 N–H and O–H groups in total. The maximum absolute atomic E-state index is 13.4. The van der Waals surface area contributed by atoms with Gasteiger partial charge in [-0.3, -0.25) is 4.99 Å². The van der Waals surface area contributed by atoms with Gasteiger partial charge in [-0.25, -0.2) is 4.39 Å². The standard InChI is InChI=1S/C23H37FN4O/c1-25-22(26-13-6-16-28-14-4-2-3-5-15-28)27-19-23(11-17-29-18-12-23)20-7-9-21(24)10-8-20/h7-10H,2-6,11-19H2,1H3,(H2,25,26,27). The first kappa shape index (κ1) is 22.0. The second-order valence-electron chi connectivity index (χ2n) is 8.36. The van der Waals surface area contributed by atoms with Gasteiger partial charge in [-0.05, 0) is 69.4 Å². The smallest absolute Gasteiger partial charge is 0.191 e. The molecule has 6 heteroatoms. The van der Waals surface area contributed by atoms with Crippen molar-refractivity contribution in [2.24, 2.45) is 4.99 Å². The zero-order valence-corrected chi connectivity index (χ0v) is 17.9. The average molecular weight is 405 g/mol. The van der Waals surface area contributed by atoms with Crippen molar-refractivity contribution in [3.05, 3.63) is 35.6 Å². The van der Waals surface area contributed by atoms with Crippen LogP contribution in [0.5, 0.6) is 0 Å². The molecule has 0 saturated carbocycles. The van der Waals surface area contributed by atoms with E-state index in [1.807, 2.05) is 19.2 Å². The topological polar surface area (TPSA) is 48.9 Å². The lowest BCUT2D eigenvalue weighted by atomic mass is 9.74. The lowest BCUT2D eigenvalue weighted by Gasteiger charge is -2.38. The predicted octanol–water partition coefficient (Wildman–Crippen LogP) is 3.31. The van der Waals surface area contributed by atoms with Gasteiger partial charge in [-0.1, -0.05) is 25.0 Å². The molecule has 5 nitrogen and oxygen atoms in total. The van der Waals surface area contributed by atoms with E-state index in [4.69, 9.17) is 4.74 Å². The zero-order valence-electron chi connectivity index (χ0n) is 17.9. The molecule has 0 amide bonds. The normalized spacial score (nSPS) is 20.8. The highest BCUT2D eigenvalue weighted by Gasteiger charge is 2.34. The van der Waals surface area contributed by atoms with Gasteiger partial charge in [-0.15, -0.1) is 0 Å². The Morgan fingerprint density at radius 3 is 2.41 bits per heavy atom. The monoisotopic (exact) mass is 404 g/mol. The van der Waals surface area contributed by atoms with Crippen LogP contribution in [0.15, 0.2) is 29.3 Å². The Hall–Kier alpha value is -1.66. The van der Waals surface area contributed by atoms with Crippen LogP contribution >= 0.6 is 0 Å². The summed E-state index contributed by atoms with van der Waals surface area (Å²) in [5.41, 5.74) is 1.13. The number of hydrogen-bond donors (Lipinski definition) is 2. The molecule has 0 unspecified atom stereocenters. The minimum atomic E-state index is -0.189. The number of ether oxygens (including phenoxy) is 1. The van der Waals surface area contributed by atoms with Crippen LogP contribution in [-0.2, 0) is 10.2 Å². The van der Waals surface area contributed by atoms with Gasteiger partial charge in [-0.2, -0.15) is 0 Å². The second-order valence-corrected chi connectivity index (χ2v) is 8.36. The number of benzene rings is 1. The number of hydrogen-bond acceptors (Lipinski definition) is 3. The highest BCUT2D eigenvalue weighted by atomic mass is 19.1. The summed E-state index contributed by atoms with van der Waals surface area (Å²) in [6.45, 7) is 6.81. The summed E-state index contributed by atoms with van der Waals surface area (Å²) in [6, 6.07) is 6.95. The van der Waals surface area contributed by atoms with Crippen molar-refractivity contribution < 1.29 is 9.13 Å². The lowest BCUT2D eigenvalue weighted by Crippen LogP contribution is -2.48. The quantitative estimate of drug-likeness (QED) is 0.416. The Labute approximate surface area is 175 Å². The molecule has 0 bridgehead atoms. The molecule has 1 aromatic carbocycles. The molecular weight excluding hydrogens is 367 g/mol. The van der Waals surface area contributed by atoms with Crippen LogP contribution in [-0.4, -0.2) is 63.8 Å². The molecule has 2 heterocycles. The van der Waals surface area contributed by atoms with E-state index in [0.29, 0.717) is 0 Å². The maximum atomic E-state index is 13.4. The zero-order chi connectivity index (χ0) is 20.4. The van der Waals surface area contributed by atoms with Crippen molar-refractivity contribution in [2.75, 3.05) is 53.0 Å². The summed E-state index contributed by atoms with van der Waals surface area (Å²) in [5, 5.41) is 6.98. The number of halogens is 1. The van der Waals surface area contributed by atoms with Crippen LogP contribution in [0.1, 0.15) is 50.5 Å². The van der Waals surface area contributed by atoms with Crippen molar-refractivity contribution >= 4 is 5.96 Å². The summed E-state index contributed by atoms with van der Waals surface area (Å²) in [5.74, 6) is 0.652. The Morgan fingerprint density at radius 2 is 1.76 bits per heavy atom. The third-order valence-corrected chi connectivity index (χ3v) is 6.37. The summed E-state index contributed by atoms with van der Waals surface area (Å²) in [6.07, 6.45) is 8.42. The van der Waals surface area contributed by atoms with Crippen LogP contribution in [0, 0.1) is 5.82 Å². The number of nitrogens with zero attached hydrogens (tertiary/aromatic N) is 2. The molecule has 0 spiro atoms. The minimum absolute atomic E-state index is 0.0460. The van der Waals surface area contributed by atoms with Gasteiger partial charge in [0.2, 0.25) is 0 Å². The van der Waals surface area contributed by atoms with E-state index < -0.39 is 0 Å². The number of nitrogens with one attached hydrogen (secondary N) is 2. The van der Waals surface area contributed by atoms with Crippen molar-refractivity contribution in [1.82, 2.24) is 15.5 Å². The summed E-state index contributed by atoms with van der Waals surface area (Å²) < 4.78 is 19.0. The lowest BCUT2D eigenvalue weighted by molar-refractivity contribution is 0.0513. The first-order chi connectivity index (χ1) is 14.2. The third-order valence-electron chi connectivity index (χ3n) is 6.37. The first-order valence-electron chi connectivity index (χ1n) is 11.2. The van der Waals surface area contributed by atoms with Gasteiger partial charge in [0.15, 0.2) is 5.96 Å². The highest BCUT2D eigenvalue weighted by Crippen LogP contribution is 2.34. The fourth-order valence-electron chi connectivity index (χ4n) is 4.48. The van der Waals surface area contributed by atoms with E-state index in [0.717, 1.165) is 58.1 Å². The molecule has 2 fully saturated rings. The van der Waals surface area contributed by atoms with Crippen molar-refractivity contribution in [3.8, 4) is 0 Å². The summed E-state index contributed by atoms with van der Waals surface area (Å²) in [4.78, 5) is 6.99. The molecule has 1 aromatic rings. The van der Waals surface area contributed by atoms with Crippen LogP contribution < -0.4 is 10.6 Å². The maximum Gasteiger partial charge on any atom is 0.191 e. The first-order valence-corrected chi connectivity index (χ1v) is 11.2. The molecule has 0 aliphatic carbocycles. The third kappa shape index (κ3) is 6.68. The van der Waals surface area contributed by atoms with Crippen molar-refractivity contribution in [1.29, 1.82) is 0 Å². The summed E-state index contributed by atoms with van der Waals surface area (Å²) >= 11 is 0. The van der Waals surface area contributed by atoms with E-state index in [-0.39, 0.29) is 11.2 Å². The van der Waals surface area contributed by atoms with Crippen LogP contribution in [0.2, 0.25) is 0 Å². The Bertz CT molecular complexity index is 620. The molecule has 2 saturated heterocycles. The largest absolute Gasteiger partial charge is 0.381 e. The van der Waals surface area contributed by atoms with E-state index in [1.54, 1.807) is 12.1 Å². The molecule has 0 atom stereocenters. The van der Waals surface area contributed by atoms with Gasteiger partial charge in [0.25, 0.3) is 0 Å². The Kier molecular flexibility index (Phi) is 8.74. The van der Waals surface area contributed by atoms with Crippen molar-refractivity contribution in [2.45, 2.75) is 50.4 Å². The Balaban J connectivity index is 1.48. The Morgan fingerprint density at radius 1 is 1.07 bits per heavy atom. The van der Waals surface area contributed by atoms with E-state index in [9.17, 15) is 4.39 Å². The number of likely N-dealkylation sites (tertiary alicyclic amines) is 1. The van der Waals surface area contributed by atoms with Gasteiger partial charge in [0.1, 0.15) is 5.82 Å². The van der Waals surface area contributed by atoms with Crippen LogP contribution in [0.25, 0.3) is 0 Å². The SMILES string of the molecule is CN=C(NCCCN1CCCCCC1)NCC1(c2ccc(F)cc2)CCOCC1. The van der Waals surface area contributed by atoms with Gasteiger partial charge >= 0.3 is 0 Å². The molecule has 3 rings (SSSR count). The molecular formula is C23H37FN4O. The average Bonchev–Trinajstić information content (AvgIpc) is 3.03. The van der Waals surface area contributed by atoms with Gasteiger partial charge in [0.05, 0.1) is 0 Å². The highest BCUT2D eigenvalue weighted by molar-refractivity contribution is 5.79. The second kappa shape index (κ2) is 11.5. The molecule has 2 aliphatic rings. The predicted molar refractivity (Wildman–Crippen MR) is 117 cm³/mol. The summed E-state index contributed by atoms with van der Waals surface area (Å²) in [7, 11) is 1.82. The number of aliphatic imine (C=N–C) groups is 1. The van der Waals surface area contributed by atoms with E-state index in [1.165, 1.54) is 44.3 Å². The molecule has 2 aliphatic heterocycles. The van der Waals surface area contributed by atoms with E-state index >= 15 is 0 Å². The van der Waals surface area contributed by atoms with Gasteiger partial charge in [0, 0.05) is 38.8 Å². The molecule has 0 aromatic heterocycles. The number of rotatable bonds is 7. The fourth-order valence-corrected chi connectivity index (χ4v) is 4.48. The van der Waals surface area contributed by atoms with Crippen LogP contribution in [0.4, 0.5) is 4.39 Å². The molecule has 0 radical (unpaired) electrons. The van der Waals surface area contributed by atoms with Crippen LogP contribution in [0.3, 0.4) is 0 Å². The number of guanidine groups is 1. The van der Waals surface area contributed by atoms with E-state index in [2.05, 4.69) is 20.5 Å². The fraction of sp³-hybridized carbons (Fsp3) is 0.696. The molecule has 162 valence electrons.